The molecule has 124 valence electrons. The molecule has 1 aliphatic heterocycles. The maximum Gasteiger partial charge on any atom is 0.300 e. The van der Waals surface area contributed by atoms with Crippen molar-refractivity contribution in [3.63, 3.8) is 0 Å². The fraction of sp³-hybridized carbons (Fsp3) is 0.316. The van der Waals surface area contributed by atoms with Gasteiger partial charge in [0.25, 0.3) is 6.01 Å². The summed E-state index contributed by atoms with van der Waals surface area (Å²) in [7, 11) is 0. The lowest BCUT2D eigenvalue weighted by atomic mass is 10.2. The number of nitrogens with zero attached hydrogens (tertiary/aromatic N) is 2. The Kier molecular flexibility index (Phi) is 3.99. The highest BCUT2D eigenvalue weighted by atomic mass is 16.5. The van der Waals surface area contributed by atoms with Crippen LogP contribution in [0.25, 0.3) is 11.1 Å². The molecule has 0 amide bonds. The van der Waals surface area contributed by atoms with Crippen molar-refractivity contribution in [3.05, 3.63) is 42.5 Å². The highest BCUT2D eigenvalue weighted by Gasteiger charge is 2.21. The molecule has 1 N–H and O–H groups in total. The minimum atomic E-state index is 0.482. The Bertz CT molecular complexity index is 823. The first kappa shape index (κ1) is 14.9. The van der Waals surface area contributed by atoms with Crippen LogP contribution in [-0.2, 0) is 0 Å². The molecule has 0 bridgehead atoms. The number of para-hydroxylation sites is 1. The molecule has 5 heteroatoms. The molecule has 0 saturated carbocycles. The SMILES string of the molecule is CCOc1c(N2CCCC2)ccc2oc(Nc3ccccc3)nc12. The summed E-state index contributed by atoms with van der Waals surface area (Å²) >= 11 is 0. The number of fused-ring (bicyclic) bond motifs is 1. The smallest absolute Gasteiger partial charge is 0.300 e. The van der Waals surface area contributed by atoms with Gasteiger partial charge in [0.2, 0.25) is 0 Å². The minimum absolute atomic E-state index is 0.482. The number of oxazole rings is 1. The van der Waals surface area contributed by atoms with Crippen molar-refractivity contribution in [2.24, 2.45) is 0 Å². The molecule has 0 unspecified atom stereocenters. The van der Waals surface area contributed by atoms with Gasteiger partial charge < -0.3 is 19.4 Å². The largest absolute Gasteiger partial charge is 0.489 e. The van der Waals surface area contributed by atoms with Gasteiger partial charge in [0.1, 0.15) is 0 Å². The van der Waals surface area contributed by atoms with E-state index in [1.165, 1.54) is 12.8 Å². The number of benzene rings is 2. The van der Waals surface area contributed by atoms with E-state index in [1.54, 1.807) is 0 Å². The average molecular weight is 323 g/mol. The van der Waals surface area contributed by atoms with E-state index < -0.39 is 0 Å². The topological polar surface area (TPSA) is 50.5 Å². The summed E-state index contributed by atoms with van der Waals surface area (Å²) in [5, 5.41) is 3.20. The number of rotatable bonds is 5. The summed E-state index contributed by atoms with van der Waals surface area (Å²) in [6.45, 7) is 4.74. The number of hydrogen-bond acceptors (Lipinski definition) is 5. The Morgan fingerprint density at radius 3 is 2.67 bits per heavy atom. The van der Waals surface area contributed by atoms with Crippen molar-refractivity contribution >= 4 is 28.5 Å². The average Bonchev–Trinajstić information content (AvgIpc) is 3.25. The van der Waals surface area contributed by atoms with Gasteiger partial charge in [-0.25, -0.2) is 0 Å². The Morgan fingerprint density at radius 1 is 1.12 bits per heavy atom. The van der Waals surface area contributed by atoms with Crippen molar-refractivity contribution in [3.8, 4) is 5.75 Å². The Hall–Kier alpha value is -2.69. The van der Waals surface area contributed by atoms with Crippen LogP contribution in [0.4, 0.5) is 17.4 Å². The van der Waals surface area contributed by atoms with Gasteiger partial charge in [-0.2, -0.15) is 4.98 Å². The summed E-state index contributed by atoms with van der Waals surface area (Å²) in [6.07, 6.45) is 2.45. The Morgan fingerprint density at radius 2 is 1.92 bits per heavy atom. The van der Waals surface area contributed by atoms with Gasteiger partial charge in [-0.05, 0) is 44.0 Å². The quantitative estimate of drug-likeness (QED) is 0.745. The third-order valence-electron chi connectivity index (χ3n) is 4.25. The normalized spacial score (nSPS) is 14.3. The summed E-state index contributed by atoms with van der Waals surface area (Å²) in [6, 6.07) is 14.4. The molecule has 1 aromatic heterocycles. The van der Waals surface area contributed by atoms with Crippen LogP contribution < -0.4 is 15.0 Å². The van der Waals surface area contributed by atoms with E-state index in [9.17, 15) is 0 Å². The molecule has 5 nitrogen and oxygen atoms in total. The fourth-order valence-corrected chi connectivity index (χ4v) is 3.15. The van der Waals surface area contributed by atoms with Crippen molar-refractivity contribution < 1.29 is 9.15 Å². The second-order valence-corrected chi connectivity index (χ2v) is 5.90. The molecule has 0 spiro atoms. The van der Waals surface area contributed by atoms with E-state index in [4.69, 9.17) is 9.15 Å². The van der Waals surface area contributed by atoms with Crippen LogP contribution in [0.15, 0.2) is 46.9 Å². The molecular formula is C19H21N3O2. The van der Waals surface area contributed by atoms with Crippen LogP contribution in [0.2, 0.25) is 0 Å². The second kappa shape index (κ2) is 6.43. The van der Waals surface area contributed by atoms with Crippen LogP contribution in [0.3, 0.4) is 0 Å². The summed E-state index contributed by atoms with van der Waals surface area (Å²) in [4.78, 5) is 6.99. The molecule has 1 aliphatic rings. The maximum atomic E-state index is 5.93. The van der Waals surface area contributed by atoms with Gasteiger partial charge in [-0.3, -0.25) is 0 Å². The lowest BCUT2D eigenvalue weighted by Crippen LogP contribution is -2.18. The van der Waals surface area contributed by atoms with Crippen molar-refractivity contribution in [2.75, 3.05) is 29.9 Å². The third-order valence-corrected chi connectivity index (χ3v) is 4.25. The van der Waals surface area contributed by atoms with Gasteiger partial charge in [0.15, 0.2) is 16.8 Å². The Balaban J connectivity index is 1.73. The van der Waals surface area contributed by atoms with E-state index in [0.717, 1.165) is 41.3 Å². The van der Waals surface area contributed by atoms with Gasteiger partial charge in [0.05, 0.1) is 12.3 Å². The minimum Gasteiger partial charge on any atom is -0.489 e. The lowest BCUT2D eigenvalue weighted by Gasteiger charge is -2.20. The predicted octanol–water partition coefficient (Wildman–Crippen LogP) is 4.57. The molecule has 24 heavy (non-hydrogen) atoms. The van der Waals surface area contributed by atoms with Crippen molar-refractivity contribution in [2.45, 2.75) is 19.8 Å². The summed E-state index contributed by atoms with van der Waals surface area (Å²) < 4.78 is 11.8. The van der Waals surface area contributed by atoms with Gasteiger partial charge in [-0.1, -0.05) is 18.2 Å². The third kappa shape index (κ3) is 2.77. The molecular weight excluding hydrogens is 302 g/mol. The molecule has 0 atom stereocenters. The van der Waals surface area contributed by atoms with Crippen molar-refractivity contribution in [1.29, 1.82) is 0 Å². The molecule has 2 aromatic carbocycles. The molecule has 1 saturated heterocycles. The molecule has 3 aromatic rings. The molecule has 4 rings (SSSR count). The highest BCUT2D eigenvalue weighted by molar-refractivity contribution is 5.88. The van der Waals surface area contributed by atoms with Crippen LogP contribution in [0, 0.1) is 0 Å². The zero-order valence-electron chi connectivity index (χ0n) is 13.8. The first-order valence-corrected chi connectivity index (χ1v) is 8.48. The summed E-state index contributed by atoms with van der Waals surface area (Å²) in [5.41, 5.74) is 3.57. The number of nitrogens with one attached hydrogen (secondary N) is 1. The fourth-order valence-electron chi connectivity index (χ4n) is 3.15. The van der Waals surface area contributed by atoms with E-state index in [-0.39, 0.29) is 0 Å². The molecule has 2 heterocycles. The predicted molar refractivity (Wildman–Crippen MR) is 96.3 cm³/mol. The highest BCUT2D eigenvalue weighted by Crippen LogP contribution is 2.38. The van der Waals surface area contributed by atoms with E-state index in [1.807, 2.05) is 43.3 Å². The lowest BCUT2D eigenvalue weighted by molar-refractivity contribution is 0.344. The zero-order valence-corrected chi connectivity index (χ0v) is 13.8. The van der Waals surface area contributed by atoms with E-state index >= 15 is 0 Å². The van der Waals surface area contributed by atoms with Crippen molar-refractivity contribution in [1.82, 2.24) is 4.98 Å². The first-order valence-electron chi connectivity index (χ1n) is 8.48. The van der Waals surface area contributed by atoms with Crippen LogP contribution in [-0.4, -0.2) is 24.7 Å². The number of anilines is 3. The van der Waals surface area contributed by atoms with Gasteiger partial charge in [0, 0.05) is 18.8 Å². The second-order valence-electron chi connectivity index (χ2n) is 5.90. The number of ether oxygens (including phenoxy) is 1. The Labute approximate surface area is 141 Å². The van der Waals surface area contributed by atoms with E-state index in [2.05, 4.69) is 21.3 Å². The number of hydrogen-bond donors (Lipinski definition) is 1. The first-order chi connectivity index (χ1) is 11.8. The van der Waals surface area contributed by atoms with Gasteiger partial charge in [-0.15, -0.1) is 0 Å². The van der Waals surface area contributed by atoms with Crippen LogP contribution in [0.1, 0.15) is 19.8 Å². The molecule has 1 fully saturated rings. The van der Waals surface area contributed by atoms with Gasteiger partial charge >= 0.3 is 0 Å². The molecule has 0 aliphatic carbocycles. The monoisotopic (exact) mass is 323 g/mol. The standard InChI is InChI=1S/C19H21N3O2/c1-2-23-18-15(22-12-6-7-13-22)10-11-16-17(18)21-19(24-16)20-14-8-4-3-5-9-14/h3-5,8-11H,2,6-7,12-13H2,1H3,(H,20,21). The molecule has 0 radical (unpaired) electrons. The number of aromatic nitrogens is 1. The zero-order chi connectivity index (χ0) is 16.4. The van der Waals surface area contributed by atoms with E-state index in [0.29, 0.717) is 12.6 Å². The summed E-state index contributed by atoms with van der Waals surface area (Å²) in [5.74, 6) is 0.821. The van der Waals surface area contributed by atoms with Crippen LogP contribution >= 0.6 is 0 Å². The van der Waals surface area contributed by atoms with Crippen LogP contribution in [0.5, 0.6) is 5.75 Å². The maximum absolute atomic E-state index is 5.93.